The number of nitrogens with two attached hydrogens (primary N) is 1. The van der Waals surface area contributed by atoms with Crippen LogP contribution in [-0.2, 0) is 10.0 Å². The largest absolute Gasteiger partial charge is 0.396 e. The van der Waals surface area contributed by atoms with Gasteiger partial charge in [-0.3, -0.25) is 0 Å². The maximum absolute atomic E-state index is 14.1. The molecule has 1 fully saturated rings. The highest BCUT2D eigenvalue weighted by atomic mass is 35.5. The first-order valence-electron chi connectivity index (χ1n) is 6.88. The summed E-state index contributed by atoms with van der Waals surface area (Å²) in [5, 5.41) is 0.114. The van der Waals surface area contributed by atoms with Gasteiger partial charge in [0.2, 0.25) is 10.0 Å². The zero-order valence-corrected chi connectivity index (χ0v) is 13.8. The van der Waals surface area contributed by atoms with Crippen LogP contribution in [0.15, 0.2) is 17.0 Å². The summed E-state index contributed by atoms with van der Waals surface area (Å²) in [6.45, 7) is 4.99. The number of benzene rings is 1. The summed E-state index contributed by atoms with van der Waals surface area (Å²) in [6.07, 6.45) is 2.44. The number of hydrogen-bond acceptors (Lipinski definition) is 3. The van der Waals surface area contributed by atoms with Gasteiger partial charge in [0.05, 0.1) is 5.69 Å². The molecule has 0 amide bonds. The Labute approximate surface area is 130 Å². The number of halogens is 2. The van der Waals surface area contributed by atoms with Gasteiger partial charge in [0.25, 0.3) is 0 Å². The first-order chi connectivity index (χ1) is 9.63. The number of rotatable bonds is 2. The molecule has 0 saturated carbocycles. The lowest BCUT2D eigenvalue weighted by Crippen LogP contribution is -2.33. The third-order valence-corrected chi connectivity index (χ3v) is 6.07. The summed E-state index contributed by atoms with van der Waals surface area (Å²) in [5.74, 6) is -0.928. The molecule has 2 N–H and O–H groups in total. The van der Waals surface area contributed by atoms with Crippen LogP contribution >= 0.6 is 11.6 Å². The Morgan fingerprint density at radius 3 is 2.62 bits per heavy atom. The SMILES string of the molecule is CC1(C)CCCN(S(=O)(=O)c2cc(Cl)cc(N)c2F)CC1. The monoisotopic (exact) mass is 334 g/mol. The predicted octanol–water partition coefficient (Wildman–Crippen LogP) is 3.26. The average molecular weight is 335 g/mol. The van der Waals surface area contributed by atoms with E-state index in [4.69, 9.17) is 17.3 Å². The van der Waals surface area contributed by atoms with Crippen LogP contribution in [0, 0.1) is 11.2 Å². The fraction of sp³-hybridized carbons (Fsp3) is 0.571. The second kappa shape index (κ2) is 5.74. The highest BCUT2D eigenvalue weighted by Gasteiger charge is 2.32. The van der Waals surface area contributed by atoms with Crippen molar-refractivity contribution >= 4 is 27.3 Å². The maximum atomic E-state index is 14.1. The lowest BCUT2D eigenvalue weighted by Gasteiger charge is -2.23. The molecule has 118 valence electrons. The van der Waals surface area contributed by atoms with Crippen molar-refractivity contribution in [3.05, 3.63) is 23.0 Å². The Bertz CT molecular complexity index is 647. The quantitative estimate of drug-likeness (QED) is 0.844. The van der Waals surface area contributed by atoms with Gasteiger partial charge in [-0.2, -0.15) is 4.31 Å². The minimum Gasteiger partial charge on any atom is -0.396 e. The van der Waals surface area contributed by atoms with Crippen molar-refractivity contribution < 1.29 is 12.8 Å². The van der Waals surface area contributed by atoms with E-state index in [9.17, 15) is 12.8 Å². The number of hydrogen-bond donors (Lipinski definition) is 1. The van der Waals surface area contributed by atoms with Gasteiger partial charge >= 0.3 is 0 Å². The normalized spacial score (nSPS) is 20.2. The molecule has 0 radical (unpaired) electrons. The van der Waals surface area contributed by atoms with Gasteiger partial charge < -0.3 is 5.73 Å². The van der Waals surface area contributed by atoms with Crippen molar-refractivity contribution in [2.24, 2.45) is 5.41 Å². The summed E-state index contributed by atoms with van der Waals surface area (Å²) in [6, 6.07) is 2.33. The highest BCUT2D eigenvalue weighted by molar-refractivity contribution is 7.89. The van der Waals surface area contributed by atoms with Crippen LogP contribution in [0.1, 0.15) is 33.1 Å². The first-order valence-corrected chi connectivity index (χ1v) is 8.70. The topological polar surface area (TPSA) is 63.4 Å². The lowest BCUT2D eigenvalue weighted by molar-refractivity contribution is 0.314. The van der Waals surface area contributed by atoms with Crippen molar-refractivity contribution in [2.75, 3.05) is 18.8 Å². The molecule has 0 aromatic heterocycles. The second-order valence-corrected chi connectivity index (χ2v) is 8.57. The van der Waals surface area contributed by atoms with Gasteiger partial charge in [0.1, 0.15) is 4.90 Å². The number of sulfonamides is 1. The van der Waals surface area contributed by atoms with E-state index in [-0.39, 0.29) is 16.1 Å². The molecule has 1 aliphatic rings. The van der Waals surface area contributed by atoms with Crippen molar-refractivity contribution in [1.82, 2.24) is 4.31 Å². The zero-order valence-electron chi connectivity index (χ0n) is 12.2. The average Bonchev–Trinajstić information content (AvgIpc) is 2.55. The standard InChI is InChI=1S/C14H20ClFN2O2S/c1-14(2)4-3-6-18(7-5-14)21(19,20)12-9-10(15)8-11(17)13(12)16/h8-9H,3-7,17H2,1-2H3. The van der Waals surface area contributed by atoms with Gasteiger partial charge in [-0.05, 0) is 36.8 Å². The minimum absolute atomic E-state index is 0.0934. The number of nitrogen functional groups attached to an aromatic ring is 1. The van der Waals surface area contributed by atoms with Crippen LogP contribution in [0.4, 0.5) is 10.1 Å². The van der Waals surface area contributed by atoms with Crippen molar-refractivity contribution in [3.8, 4) is 0 Å². The van der Waals surface area contributed by atoms with Gasteiger partial charge in [-0.25, -0.2) is 12.8 Å². The molecule has 1 aromatic rings. The van der Waals surface area contributed by atoms with E-state index in [0.717, 1.165) is 25.3 Å². The maximum Gasteiger partial charge on any atom is 0.246 e. The molecule has 1 heterocycles. The van der Waals surface area contributed by atoms with E-state index in [1.54, 1.807) is 0 Å². The third-order valence-electron chi connectivity index (χ3n) is 3.95. The molecule has 2 rings (SSSR count). The molecule has 1 aromatic carbocycles. The molecule has 1 aliphatic heterocycles. The van der Waals surface area contributed by atoms with Gasteiger partial charge in [0, 0.05) is 18.1 Å². The molecule has 1 saturated heterocycles. The predicted molar refractivity (Wildman–Crippen MR) is 82.2 cm³/mol. The van der Waals surface area contributed by atoms with Crippen LogP contribution < -0.4 is 5.73 Å². The van der Waals surface area contributed by atoms with Crippen LogP contribution in [0.5, 0.6) is 0 Å². The fourth-order valence-corrected chi connectivity index (χ4v) is 4.44. The third kappa shape index (κ3) is 3.49. The molecule has 7 heteroatoms. The minimum atomic E-state index is -3.92. The van der Waals surface area contributed by atoms with E-state index in [1.807, 2.05) is 0 Å². The number of anilines is 1. The van der Waals surface area contributed by atoms with Crippen molar-refractivity contribution in [2.45, 2.75) is 38.0 Å². The molecule has 0 atom stereocenters. The second-order valence-electron chi connectivity index (χ2n) is 6.23. The molecule has 0 spiro atoms. The summed E-state index contributed by atoms with van der Waals surface area (Å²) in [7, 11) is -3.92. The summed E-state index contributed by atoms with van der Waals surface area (Å²) >= 11 is 5.81. The Morgan fingerprint density at radius 2 is 1.95 bits per heavy atom. The van der Waals surface area contributed by atoms with Gasteiger partial charge in [-0.1, -0.05) is 25.4 Å². The smallest absolute Gasteiger partial charge is 0.246 e. The molecule has 21 heavy (non-hydrogen) atoms. The Hall–Kier alpha value is -0.850. The molecule has 0 bridgehead atoms. The molecule has 4 nitrogen and oxygen atoms in total. The van der Waals surface area contributed by atoms with Crippen LogP contribution in [-0.4, -0.2) is 25.8 Å². The van der Waals surface area contributed by atoms with Crippen LogP contribution in [0.3, 0.4) is 0 Å². The molecule has 0 unspecified atom stereocenters. The van der Waals surface area contributed by atoms with Gasteiger partial charge in [0.15, 0.2) is 5.82 Å². The van der Waals surface area contributed by atoms with E-state index >= 15 is 0 Å². The highest BCUT2D eigenvalue weighted by Crippen LogP contribution is 2.33. The van der Waals surface area contributed by atoms with Crippen LogP contribution in [0.2, 0.25) is 5.02 Å². The van der Waals surface area contributed by atoms with Crippen LogP contribution in [0.25, 0.3) is 0 Å². The summed E-state index contributed by atoms with van der Waals surface area (Å²) < 4.78 is 40.7. The van der Waals surface area contributed by atoms with Gasteiger partial charge in [-0.15, -0.1) is 0 Å². The Kier molecular flexibility index (Phi) is 4.52. The van der Waals surface area contributed by atoms with Crippen molar-refractivity contribution in [3.63, 3.8) is 0 Å². The van der Waals surface area contributed by atoms with E-state index in [1.165, 1.54) is 10.4 Å². The van der Waals surface area contributed by atoms with E-state index in [0.29, 0.717) is 13.1 Å². The fourth-order valence-electron chi connectivity index (χ4n) is 2.55. The first kappa shape index (κ1) is 16.5. The zero-order chi connectivity index (χ0) is 15.8. The Balaban J connectivity index is 2.39. The summed E-state index contributed by atoms with van der Waals surface area (Å²) in [4.78, 5) is -0.438. The van der Waals surface area contributed by atoms with E-state index < -0.39 is 20.7 Å². The molecular weight excluding hydrogens is 315 g/mol. The van der Waals surface area contributed by atoms with E-state index in [2.05, 4.69) is 13.8 Å². The number of nitrogens with zero attached hydrogens (tertiary/aromatic N) is 1. The summed E-state index contributed by atoms with van der Waals surface area (Å²) in [5.41, 5.74) is 5.32. The Morgan fingerprint density at radius 1 is 1.29 bits per heavy atom. The lowest BCUT2D eigenvalue weighted by atomic mass is 9.85. The molecular formula is C14H20ClFN2O2S. The van der Waals surface area contributed by atoms with Crippen molar-refractivity contribution in [1.29, 1.82) is 0 Å². The molecule has 0 aliphatic carbocycles.